The minimum Gasteiger partial charge on any atom is -0.383 e. The third-order valence-electron chi connectivity index (χ3n) is 3.67. The number of benzene rings is 1. The first-order valence-corrected chi connectivity index (χ1v) is 8.36. The van der Waals surface area contributed by atoms with Gasteiger partial charge >= 0.3 is 0 Å². The molecule has 1 heterocycles. The zero-order chi connectivity index (χ0) is 17.3. The Labute approximate surface area is 151 Å². The monoisotopic (exact) mass is 375 g/mol. The summed E-state index contributed by atoms with van der Waals surface area (Å²) in [7, 11) is 0. The maximum absolute atomic E-state index is 11.1. The van der Waals surface area contributed by atoms with Crippen molar-refractivity contribution in [3.8, 4) is 0 Å². The highest BCUT2D eigenvalue weighted by Crippen LogP contribution is 2.41. The summed E-state index contributed by atoms with van der Waals surface area (Å²) in [6.45, 7) is 6.54. The number of aromatic nitrogens is 3. The zero-order valence-corrected chi connectivity index (χ0v) is 15.6. The van der Waals surface area contributed by atoms with Crippen LogP contribution in [0.4, 0.5) is 0 Å². The molecule has 1 aromatic carbocycles. The van der Waals surface area contributed by atoms with Crippen molar-refractivity contribution < 1.29 is 5.11 Å². The van der Waals surface area contributed by atoms with Gasteiger partial charge < -0.3 is 5.11 Å². The van der Waals surface area contributed by atoms with Gasteiger partial charge in [-0.2, -0.15) is 5.10 Å². The Morgan fingerprint density at radius 3 is 2.04 bits per heavy atom. The predicted octanol–water partition coefficient (Wildman–Crippen LogP) is 4.22. The quantitative estimate of drug-likeness (QED) is 0.813. The van der Waals surface area contributed by atoms with Crippen LogP contribution < -0.4 is 0 Å². The number of alkyl halides is 3. The summed E-state index contributed by atoms with van der Waals surface area (Å²) >= 11 is 17.8. The van der Waals surface area contributed by atoms with Gasteiger partial charge in [0, 0.05) is 6.42 Å². The maximum atomic E-state index is 11.1. The van der Waals surface area contributed by atoms with Gasteiger partial charge in [-0.25, -0.2) is 9.67 Å². The van der Waals surface area contributed by atoms with Gasteiger partial charge in [-0.05, 0) is 16.5 Å². The van der Waals surface area contributed by atoms with Gasteiger partial charge in [-0.3, -0.25) is 0 Å². The Kier molecular flexibility index (Phi) is 5.31. The Bertz CT molecular complexity index is 630. The Hall–Kier alpha value is -0.810. The first-order valence-electron chi connectivity index (χ1n) is 7.22. The minimum absolute atomic E-state index is 0.0256. The maximum Gasteiger partial charge on any atom is 0.193 e. The second kappa shape index (κ2) is 6.60. The number of aliphatic hydroxyl groups is 1. The zero-order valence-electron chi connectivity index (χ0n) is 13.3. The topological polar surface area (TPSA) is 50.9 Å². The highest BCUT2D eigenvalue weighted by atomic mass is 35.6. The van der Waals surface area contributed by atoms with E-state index in [2.05, 4.69) is 30.9 Å². The van der Waals surface area contributed by atoms with Gasteiger partial charge in [0.25, 0.3) is 0 Å². The molecule has 0 spiro atoms. The lowest BCUT2D eigenvalue weighted by Gasteiger charge is -2.32. The molecule has 126 valence electrons. The normalized spacial score (nSPS) is 15.4. The van der Waals surface area contributed by atoms with E-state index >= 15 is 0 Å². The van der Waals surface area contributed by atoms with E-state index in [0.717, 1.165) is 0 Å². The minimum atomic E-state index is -1.59. The van der Waals surface area contributed by atoms with Crippen molar-refractivity contribution in [2.24, 2.45) is 0 Å². The average molecular weight is 377 g/mol. The predicted molar refractivity (Wildman–Crippen MR) is 94.0 cm³/mol. The molecule has 0 amide bonds. The first kappa shape index (κ1) is 18.5. The van der Waals surface area contributed by atoms with Crippen molar-refractivity contribution in [1.82, 2.24) is 14.8 Å². The third-order valence-corrected chi connectivity index (χ3v) is 4.07. The van der Waals surface area contributed by atoms with Crippen LogP contribution in [0, 0.1) is 0 Å². The molecule has 23 heavy (non-hydrogen) atoms. The van der Waals surface area contributed by atoms with Crippen molar-refractivity contribution in [2.45, 2.75) is 48.5 Å². The number of hydrogen-bond donors (Lipinski definition) is 1. The van der Waals surface area contributed by atoms with Crippen molar-refractivity contribution >= 4 is 34.8 Å². The van der Waals surface area contributed by atoms with Crippen LogP contribution in [0.15, 0.2) is 36.9 Å². The lowest BCUT2D eigenvalue weighted by Crippen LogP contribution is -2.36. The standard InChI is InChI=1S/C16H20Cl3N3O/c1-14(2,3)12-4-6-13(7-5-12)15(23,8-16(17,18)19)9-22-11-20-10-21-22/h4-7,10-11,23H,8-9H2,1-3H3. The number of rotatable bonds is 4. The fourth-order valence-corrected chi connectivity index (χ4v) is 3.11. The summed E-state index contributed by atoms with van der Waals surface area (Å²) in [6, 6.07) is 7.71. The van der Waals surface area contributed by atoms with E-state index in [1.165, 1.54) is 22.9 Å². The van der Waals surface area contributed by atoms with Gasteiger partial charge in [0.2, 0.25) is 0 Å². The molecule has 1 aromatic heterocycles. The van der Waals surface area contributed by atoms with E-state index in [4.69, 9.17) is 34.8 Å². The molecule has 0 radical (unpaired) electrons. The molecule has 2 aromatic rings. The molecule has 1 atom stereocenters. The SMILES string of the molecule is CC(C)(C)c1ccc(C(O)(Cn2cncn2)CC(Cl)(Cl)Cl)cc1. The molecule has 4 nitrogen and oxygen atoms in total. The number of hydrogen-bond acceptors (Lipinski definition) is 3. The average Bonchev–Trinajstić information content (AvgIpc) is 2.88. The number of halogens is 3. The van der Waals surface area contributed by atoms with Crippen molar-refractivity contribution in [2.75, 3.05) is 0 Å². The van der Waals surface area contributed by atoms with Gasteiger partial charge in [0.1, 0.15) is 18.3 Å². The van der Waals surface area contributed by atoms with Crippen LogP contribution >= 0.6 is 34.8 Å². The molecule has 1 unspecified atom stereocenters. The summed E-state index contributed by atoms with van der Waals surface area (Å²) in [6.07, 6.45) is 2.87. The lowest BCUT2D eigenvalue weighted by molar-refractivity contribution is 0.00733. The summed E-state index contributed by atoms with van der Waals surface area (Å²) in [5.74, 6) is 0. The molecule has 0 fully saturated rings. The van der Waals surface area contributed by atoms with Gasteiger partial charge in [-0.1, -0.05) is 79.8 Å². The van der Waals surface area contributed by atoms with Gasteiger partial charge in [0.05, 0.1) is 6.54 Å². The molecular formula is C16H20Cl3N3O. The summed E-state index contributed by atoms with van der Waals surface area (Å²) < 4.78 is -0.0634. The van der Waals surface area contributed by atoms with E-state index in [1.807, 2.05) is 24.3 Å². The van der Waals surface area contributed by atoms with Crippen molar-refractivity contribution in [1.29, 1.82) is 0 Å². The van der Waals surface area contributed by atoms with Crippen molar-refractivity contribution in [3.63, 3.8) is 0 Å². The molecular weight excluding hydrogens is 357 g/mol. The lowest BCUT2D eigenvalue weighted by atomic mass is 9.84. The highest BCUT2D eigenvalue weighted by molar-refractivity contribution is 6.67. The van der Waals surface area contributed by atoms with Crippen molar-refractivity contribution in [3.05, 3.63) is 48.0 Å². The van der Waals surface area contributed by atoms with E-state index < -0.39 is 9.39 Å². The molecule has 0 bridgehead atoms. The first-order chi connectivity index (χ1) is 10.5. The molecule has 1 N–H and O–H groups in total. The molecule has 7 heteroatoms. The largest absolute Gasteiger partial charge is 0.383 e. The molecule has 0 saturated heterocycles. The van der Waals surface area contributed by atoms with Gasteiger partial charge in [-0.15, -0.1) is 0 Å². The highest BCUT2D eigenvalue weighted by Gasteiger charge is 2.39. The molecule has 0 aliphatic rings. The van der Waals surface area contributed by atoms with Gasteiger partial charge in [0.15, 0.2) is 3.79 Å². The Morgan fingerprint density at radius 2 is 1.61 bits per heavy atom. The van der Waals surface area contributed by atoms with E-state index in [-0.39, 0.29) is 18.4 Å². The number of nitrogens with zero attached hydrogens (tertiary/aromatic N) is 3. The molecule has 2 rings (SSSR count). The van der Waals surface area contributed by atoms with Crippen LogP contribution in [0.25, 0.3) is 0 Å². The fourth-order valence-electron chi connectivity index (χ4n) is 2.44. The summed E-state index contributed by atoms with van der Waals surface area (Å²) in [5, 5.41) is 15.2. The van der Waals surface area contributed by atoms with Crippen LogP contribution in [0.5, 0.6) is 0 Å². The van der Waals surface area contributed by atoms with Crippen LogP contribution in [-0.4, -0.2) is 23.7 Å². The van der Waals surface area contributed by atoms with Crippen LogP contribution in [0.2, 0.25) is 0 Å². The second-order valence-electron chi connectivity index (χ2n) is 6.74. The van der Waals surface area contributed by atoms with Crippen LogP contribution in [-0.2, 0) is 17.6 Å². The van der Waals surface area contributed by atoms with Crippen LogP contribution in [0.1, 0.15) is 38.3 Å². The molecule has 0 saturated carbocycles. The van der Waals surface area contributed by atoms with E-state index in [0.29, 0.717) is 5.56 Å². The summed E-state index contributed by atoms with van der Waals surface area (Å²) in [4.78, 5) is 3.88. The van der Waals surface area contributed by atoms with Crippen LogP contribution in [0.3, 0.4) is 0 Å². The smallest absolute Gasteiger partial charge is 0.193 e. The Morgan fingerprint density at radius 1 is 1.04 bits per heavy atom. The molecule has 0 aliphatic heterocycles. The second-order valence-corrected chi connectivity index (χ2v) is 9.26. The Balaban J connectivity index is 2.36. The summed E-state index contributed by atoms with van der Waals surface area (Å²) in [5.41, 5.74) is 0.498. The van der Waals surface area contributed by atoms with E-state index in [1.54, 1.807) is 0 Å². The fraction of sp³-hybridized carbons (Fsp3) is 0.500. The van der Waals surface area contributed by atoms with E-state index in [9.17, 15) is 5.11 Å². The molecule has 0 aliphatic carbocycles. The third kappa shape index (κ3) is 5.08.